The predicted molar refractivity (Wildman–Crippen MR) is 81.9 cm³/mol. The molecular weight excluding hydrogens is 268 g/mol. The second-order valence-corrected chi connectivity index (χ2v) is 6.83. The minimum absolute atomic E-state index is 0.00907. The van der Waals surface area contributed by atoms with Crippen molar-refractivity contribution in [1.29, 1.82) is 0 Å². The highest BCUT2D eigenvalue weighted by molar-refractivity contribution is 5.42. The molecule has 1 heterocycles. The Labute approximate surface area is 127 Å². The Hall–Kier alpha value is -1.26. The van der Waals surface area contributed by atoms with Crippen molar-refractivity contribution < 1.29 is 19.3 Å². The van der Waals surface area contributed by atoms with E-state index in [1.165, 1.54) is 0 Å². The number of benzene rings is 1. The summed E-state index contributed by atoms with van der Waals surface area (Å²) >= 11 is 0. The van der Waals surface area contributed by atoms with Crippen LogP contribution in [0.4, 0.5) is 0 Å². The number of ether oxygens (including phenoxy) is 3. The highest BCUT2D eigenvalue weighted by atomic mass is 16.5. The molecule has 1 fully saturated rings. The molecule has 0 aliphatic carbocycles. The van der Waals surface area contributed by atoms with Crippen LogP contribution in [0.5, 0.6) is 11.5 Å². The first-order chi connectivity index (χ1) is 9.70. The lowest BCUT2D eigenvalue weighted by Gasteiger charge is -2.31. The van der Waals surface area contributed by atoms with E-state index in [4.69, 9.17) is 14.2 Å². The molecule has 1 aromatic carbocycles. The second-order valence-electron chi connectivity index (χ2n) is 6.83. The molecule has 1 N–H and O–H groups in total. The zero-order chi connectivity index (χ0) is 15.8. The molecule has 2 atom stereocenters. The van der Waals surface area contributed by atoms with Crippen LogP contribution in [0.15, 0.2) is 18.2 Å². The van der Waals surface area contributed by atoms with E-state index in [0.717, 1.165) is 12.0 Å². The summed E-state index contributed by atoms with van der Waals surface area (Å²) in [5.41, 5.74) is 0.167. The van der Waals surface area contributed by atoms with Crippen LogP contribution in [-0.4, -0.2) is 30.5 Å². The Balaban J connectivity index is 2.34. The standard InChI is InChI=1S/C17H26O4/c1-16(2)10-13(17(3,4)21-16)15(18)12-8-7-11(19-5)9-14(12)20-6/h7-9,13,15,18H,10H2,1-6H3. The van der Waals surface area contributed by atoms with Gasteiger partial charge in [0.15, 0.2) is 0 Å². The van der Waals surface area contributed by atoms with Gasteiger partial charge in [-0.1, -0.05) is 0 Å². The minimum Gasteiger partial charge on any atom is -0.497 e. The zero-order valence-corrected chi connectivity index (χ0v) is 13.8. The Bertz CT molecular complexity index is 508. The molecule has 0 saturated carbocycles. The summed E-state index contributed by atoms with van der Waals surface area (Å²) in [4.78, 5) is 0. The maximum atomic E-state index is 10.9. The van der Waals surface area contributed by atoms with Crippen LogP contribution >= 0.6 is 0 Å². The fourth-order valence-corrected chi connectivity index (χ4v) is 3.38. The van der Waals surface area contributed by atoms with Gasteiger partial charge >= 0.3 is 0 Å². The average molecular weight is 294 g/mol. The number of aliphatic hydroxyl groups excluding tert-OH is 1. The van der Waals surface area contributed by atoms with Gasteiger partial charge in [0.1, 0.15) is 11.5 Å². The van der Waals surface area contributed by atoms with E-state index in [1.54, 1.807) is 20.3 Å². The van der Waals surface area contributed by atoms with Crippen LogP contribution in [0.1, 0.15) is 45.8 Å². The molecule has 0 amide bonds. The van der Waals surface area contributed by atoms with Gasteiger partial charge in [-0.15, -0.1) is 0 Å². The summed E-state index contributed by atoms with van der Waals surface area (Å²) in [6, 6.07) is 5.51. The summed E-state index contributed by atoms with van der Waals surface area (Å²) in [6.45, 7) is 8.19. The Morgan fingerprint density at radius 1 is 1.19 bits per heavy atom. The molecule has 118 valence electrons. The minimum atomic E-state index is -0.636. The van der Waals surface area contributed by atoms with Gasteiger partial charge in [0.25, 0.3) is 0 Å². The Morgan fingerprint density at radius 3 is 2.33 bits per heavy atom. The van der Waals surface area contributed by atoms with Crippen molar-refractivity contribution in [3.63, 3.8) is 0 Å². The average Bonchev–Trinajstić information content (AvgIpc) is 2.65. The zero-order valence-electron chi connectivity index (χ0n) is 13.8. The number of rotatable bonds is 4. The monoisotopic (exact) mass is 294 g/mol. The van der Waals surface area contributed by atoms with Crippen LogP contribution in [0.2, 0.25) is 0 Å². The molecule has 4 heteroatoms. The van der Waals surface area contributed by atoms with Gasteiger partial charge in [0.05, 0.1) is 31.5 Å². The summed E-state index contributed by atoms with van der Waals surface area (Å²) in [5, 5.41) is 10.9. The molecule has 21 heavy (non-hydrogen) atoms. The molecule has 0 spiro atoms. The smallest absolute Gasteiger partial charge is 0.128 e. The van der Waals surface area contributed by atoms with Crippen LogP contribution in [0.3, 0.4) is 0 Å². The van der Waals surface area contributed by atoms with Crippen LogP contribution < -0.4 is 9.47 Å². The number of hydrogen-bond acceptors (Lipinski definition) is 4. The molecular formula is C17H26O4. The number of hydrogen-bond donors (Lipinski definition) is 1. The van der Waals surface area contributed by atoms with Crippen molar-refractivity contribution in [2.24, 2.45) is 5.92 Å². The summed E-state index contributed by atoms with van der Waals surface area (Å²) in [7, 11) is 3.21. The first kappa shape index (κ1) is 16.1. The molecule has 1 aliphatic rings. The van der Waals surface area contributed by atoms with E-state index < -0.39 is 6.10 Å². The Morgan fingerprint density at radius 2 is 1.86 bits per heavy atom. The molecule has 0 radical (unpaired) electrons. The lowest BCUT2D eigenvalue weighted by Crippen LogP contribution is -2.32. The molecule has 0 bridgehead atoms. The van der Waals surface area contributed by atoms with E-state index >= 15 is 0 Å². The lowest BCUT2D eigenvalue weighted by atomic mass is 9.80. The van der Waals surface area contributed by atoms with Crippen molar-refractivity contribution in [2.45, 2.75) is 51.4 Å². The topological polar surface area (TPSA) is 47.9 Å². The van der Waals surface area contributed by atoms with Crippen molar-refractivity contribution >= 4 is 0 Å². The number of methoxy groups -OCH3 is 2. The van der Waals surface area contributed by atoms with Crippen LogP contribution in [0.25, 0.3) is 0 Å². The third kappa shape index (κ3) is 3.16. The lowest BCUT2D eigenvalue weighted by molar-refractivity contribution is -0.0881. The first-order valence-electron chi connectivity index (χ1n) is 7.30. The predicted octanol–water partition coefficient (Wildman–Crippen LogP) is 3.33. The van der Waals surface area contributed by atoms with Gasteiger partial charge in [-0.2, -0.15) is 0 Å². The highest BCUT2D eigenvalue weighted by Gasteiger charge is 2.49. The van der Waals surface area contributed by atoms with Crippen molar-refractivity contribution in [1.82, 2.24) is 0 Å². The van der Waals surface area contributed by atoms with Gasteiger partial charge in [0, 0.05) is 17.5 Å². The fraction of sp³-hybridized carbons (Fsp3) is 0.647. The third-order valence-corrected chi connectivity index (χ3v) is 4.28. The van der Waals surface area contributed by atoms with Crippen LogP contribution in [0, 0.1) is 5.92 Å². The summed E-state index contributed by atoms with van der Waals surface area (Å²) in [6.07, 6.45) is 0.165. The van der Waals surface area contributed by atoms with Gasteiger partial charge in [0.2, 0.25) is 0 Å². The molecule has 2 rings (SSSR count). The van der Waals surface area contributed by atoms with Crippen LogP contribution in [-0.2, 0) is 4.74 Å². The molecule has 0 aromatic heterocycles. The largest absolute Gasteiger partial charge is 0.497 e. The van der Waals surface area contributed by atoms with Gasteiger partial charge in [-0.25, -0.2) is 0 Å². The summed E-state index contributed by atoms with van der Waals surface area (Å²) in [5.74, 6) is 1.36. The highest BCUT2D eigenvalue weighted by Crippen LogP contribution is 2.49. The van der Waals surface area contributed by atoms with E-state index in [2.05, 4.69) is 13.8 Å². The maximum absolute atomic E-state index is 10.9. The molecule has 1 aromatic rings. The van der Waals surface area contributed by atoms with E-state index in [0.29, 0.717) is 11.5 Å². The fourth-order valence-electron chi connectivity index (χ4n) is 3.38. The van der Waals surface area contributed by atoms with E-state index in [1.807, 2.05) is 26.0 Å². The van der Waals surface area contributed by atoms with E-state index in [9.17, 15) is 5.11 Å². The normalized spacial score (nSPS) is 24.6. The quantitative estimate of drug-likeness (QED) is 0.925. The first-order valence-corrected chi connectivity index (χ1v) is 7.30. The maximum Gasteiger partial charge on any atom is 0.128 e. The Kier molecular flexibility index (Phi) is 4.22. The van der Waals surface area contributed by atoms with Crippen molar-refractivity contribution in [2.75, 3.05) is 14.2 Å². The molecule has 1 aliphatic heterocycles. The van der Waals surface area contributed by atoms with Crippen molar-refractivity contribution in [3.8, 4) is 11.5 Å². The molecule has 4 nitrogen and oxygen atoms in total. The SMILES string of the molecule is COc1ccc(C(O)C2CC(C)(C)OC2(C)C)c(OC)c1. The van der Waals surface area contributed by atoms with E-state index in [-0.39, 0.29) is 17.1 Å². The molecule has 2 unspecified atom stereocenters. The molecule has 1 saturated heterocycles. The van der Waals surface area contributed by atoms with Gasteiger partial charge in [-0.05, 0) is 46.2 Å². The van der Waals surface area contributed by atoms with Gasteiger partial charge in [-0.3, -0.25) is 0 Å². The number of aliphatic hydroxyl groups is 1. The van der Waals surface area contributed by atoms with Crippen molar-refractivity contribution in [3.05, 3.63) is 23.8 Å². The summed E-state index contributed by atoms with van der Waals surface area (Å²) < 4.78 is 16.7. The third-order valence-electron chi connectivity index (χ3n) is 4.28. The van der Waals surface area contributed by atoms with Gasteiger partial charge < -0.3 is 19.3 Å². The second kappa shape index (κ2) is 5.50.